The first-order chi connectivity index (χ1) is 8.78. The summed E-state index contributed by atoms with van der Waals surface area (Å²) in [5.41, 5.74) is 0.900. The van der Waals surface area contributed by atoms with Crippen LogP contribution in [0.1, 0.15) is 5.69 Å². The fraction of sp³-hybridized carbons (Fsp3) is 0.333. The Labute approximate surface area is 115 Å². The summed E-state index contributed by atoms with van der Waals surface area (Å²) < 4.78 is 7.31. The van der Waals surface area contributed by atoms with Crippen molar-refractivity contribution in [2.45, 2.75) is 13.0 Å². The number of aromatic nitrogens is 3. The van der Waals surface area contributed by atoms with Gasteiger partial charge in [-0.25, -0.2) is 4.68 Å². The molecule has 0 atom stereocenters. The van der Waals surface area contributed by atoms with Gasteiger partial charge in [-0.05, 0) is 24.3 Å². The van der Waals surface area contributed by atoms with Crippen molar-refractivity contribution >= 4 is 23.2 Å². The Balaban J connectivity index is 1.79. The average Bonchev–Trinajstić information content (AvgIpc) is 2.80. The highest BCUT2D eigenvalue weighted by Crippen LogP contribution is 2.15. The van der Waals surface area contributed by atoms with Crippen molar-refractivity contribution in [3.63, 3.8) is 0 Å². The van der Waals surface area contributed by atoms with E-state index >= 15 is 0 Å². The monoisotopic (exact) mass is 285 g/mol. The van der Waals surface area contributed by atoms with Crippen molar-refractivity contribution in [1.82, 2.24) is 15.0 Å². The predicted molar refractivity (Wildman–Crippen MR) is 71.4 cm³/mol. The van der Waals surface area contributed by atoms with Crippen molar-refractivity contribution < 1.29 is 4.74 Å². The second-order valence-electron chi connectivity index (χ2n) is 3.71. The summed E-state index contributed by atoms with van der Waals surface area (Å²) in [6.45, 7) is 1.18. The standard InChI is InChI=1S/C12H13Cl2N3O/c13-6-5-11-9-17(16-15-11)7-8-18-12-3-1-10(14)2-4-12/h1-4,9H,5-8H2. The van der Waals surface area contributed by atoms with Crippen LogP contribution in [0, 0.1) is 0 Å². The van der Waals surface area contributed by atoms with Gasteiger partial charge in [0.05, 0.1) is 12.2 Å². The van der Waals surface area contributed by atoms with Gasteiger partial charge in [-0.3, -0.25) is 0 Å². The van der Waals surface area contributed by atoms with E-state index in [9.17, 15) is 0 Å². The summed E-state index contributed by atoms with van der Waals surface area (Å²) in [6, 6.07) is 7.26. The Bertz CT molecular complexity index is 484. The van der Waals surface area contributed by atoms with Gasteiger partial charge < -0.3 is 4.74 Å². The van der Waals surface area contributed by atoms with E-state index in [-0.39, 0.29) is 0 Å². The van der Waals surface area contributed by atoms with Crippen LogP contribution < -0.4 is 4.74 Å². The molecule has 0 N–H and O–H groups in total. The van der Waals surface area contributed by atoms with Gasteiger partial charge >= 0.3 is 0 Å². The number of rotatable bonds is 6. The molecule has 0 saturated carbocycles. The molecular formula is C12H13Cl2N3O. The van der Waals surface area contributed by atoms with Gasteiger partial charge in [-0.15, -0.1) is 16.7 Å². The van der Waals surface area contributed by atoms with Crippen LogP contribution in [0.4, 0.5) is 0 Å². The smallest absolute Gasteiger partial charge is 0.119 e. The molecule has 0 radical (unpaired) electrons. The molecule has 2 rings (SSSR count). The van der Waals surface area contributed by atoms with Crippen LogP contribution in [-0.2, 0) is 13.0 Å². The van der Waals surface area contributed by atoms with Crippen molar-refractivity contribution in [1.29, 1.82) is 0 Å². The van der Waals surface area contributed by atoms with Gasteiger partial charge in [0.15, 0.2) is 0 Å². The van der Waals surface area contributed by atoms with Gasteiger partial charge in [0.1, 0.15) is 12.4 Å². The molecule has 96 valence electrons. The zero-order chi connectivity index (χ0) is 12.8. The summed E-state index contributed by atoms with van der Waals surface area (Å²) in [5.74, 6) is 1.35. The Morgan fingerprint density at radius 1 is 1.22 bits per heavy atom. The molecule has 0 aliphatic rings. The fourth-order valence-corrected chi connectivity index (χ4v) is 1.77. The first-order valence-corrected chi connectivity index (χ1v) is 6.52. The lowest BCUT2D eigenvalue weighted by molar-refractivity contribution is 0.289. The molecular weight excluding hydrogens is 273 g/mol. The van der Waals surface area contributed by atoms with E-state index in [0.717, 1.165) is 17.9 Å². The van der Waals surface area contributed by atoms with E-state index in [4.69, 9.17) is 27.9 Å². The zero-order valence-electron chi connectivity index (χ0n) is 9.72. The minimum atomic E-state index is 0.533. The molecule has 18 heavy (non-hydrogen) atoms. The van der Waals surface area contributed by atoms with Crippen LogP contribution in [0.2, 0.25) is 5.02 Å². The molecule has 1 heterocycles. The fourth-order valence-electron chi connectivity index (χ4n) is 1.45. The lowest BCUT2D eigenvalue weighted by Gasteiger charge is -2.05. The normalized spacial score (nSPS) is 10.6. The number of hydrogen-bond acceptors (Lipinski definition) is 3. The second kappa shape index (κ2) is 6.61. The summed E-state index contributed by atoms with van der Waals surface area (Å²) >= 11 is 11.4. The minimum absolute atomic E-state index is 0.533. The highest BCUT2D eigenvalue weighted by Gasteiger charge is 2.00. The van der Waals surface area contributed by atoms with Gasteiger partial charge in [0, 0.05) is 23.5 Å². The van der Waals surface area contributed by atoms with Crippen LogP contribution in [0.5, 0.6) is 5.75 Å². The third kappa shape index (κ3) is 3.89. The minimum Gasteiger partial charge on any atom is -0.492 e. The van der Waals surface area contributed by atoms with E-state index < -0.39 is 0 Å². The van der Waals surface area contributed by atoms with Crippen LogP contribution in [-0.4, -0.2) is 27.5 Å². The topological polar surface area (TPSA) is 39.9 Å². The Hall–Kier alpha value is -1.26. The SMILES string of the molecule is ClCCc1cn(CCOc2ccc(Cl)cc2)nn1. The molecule has 0 fully saturated rings. The maximum atomic E-state index is 5.79. The highest BCUT2D eigenvalue weighted by molar-refractivity contribution is 6.30. The van der Waals surface area contributed by atoms with Crippen molar-refractivity contribution in [3.8, 4) is 5.75 Å². The summed E-state index contributed by atoms with van der Waals surface area (Å²) in [4.78, 5) is 0. The molecule has 4 nitrogen and oxygen atoms in total. The number of aryl methyl sites for hydroxylation is 1. The summed E-state index contributed by atoms with van der Waals surface area (Å²) in [5, 5.41) is 8.68. The summed E-state index contributed by atoms with van der Waals surface area (Å²) in [6.07, 6.45) is 2.62. The maximum absolute atomic E-state index is 5.79. The molecule has 6 heteroatoms. The third-order valence-electron chi connectivity index (χ3n) is 2.34. The van der Waals surface area contributed by atoms with Gasteiger partial charge in [0.2, 0.25) is 0 Å². The van der Waals surface area contributed by atoms with Gasteiger partial charge in [0.25, 0.3) is 0 Å². The van der Waals surface area contributed by atoms with Crippen LogP contribution in [0.15, 0.2) is 30.5 Å². The number of nitrogens with zero attached hydrogens (tertiary/aromatic N) is 3. The number of benzene rings is 1. The van der Waals surface area contributed by atoms with Crippen LogP contribution >= 0.6 is 23.2 Å². The Morgan fingerprint density at radius 3 is 2.72 bits per heavy atom. The largest absolute Gasteiger partial charge is 0.492 e. The van der Waals surface area contributed by atoms with Gasteiger partial charge in [-0.1, -0.05) is 16.8 Å². The molecule has 0 saturated heterocycles. The number of alkyl halides is 1. The molecule has 1 aromatic carbocycles. The molecule has 2 aromatic rings. The molecule has 1 aromatic heterocycles. The third-order valence-corrected chi connectivity index (χ3v) is 2.78. The summed E-state index contributed by atoms with van der Waals surface area (Å²) in [7, 11) is 0. The van der Waals surface area contributed by atoms with E-state index in [1.54, 1.807) is 16.8 Å². The van der Waals surface area contributed by atoms with E-state index in [1.165, 1.54) is 0 Å². The maximum Gasteiger partial charge on any atom is 0.119 e. The first kappa shape index (κ1) is 13.2. The molecule has 0 spiro atoms. The number of hydrogen-bond donors (Lipinski definition) is 0. The second-order valence-corrected chi connectivity index (χ2v) is 4.53. The number of ether oxygens (including phenoxy) is 1. The van der Waals surface area contributed by atoms with Crippen molar-refractivity contribution in [2.24, 2.45) is 0 Å². The predicted octanol–water partition coefficient (Wildman–Crippen LogP) is 2.79. The first-order valence-electron chi connectivity index (χ1n) is 5.61. The lowest BCUT2D eigenvalue weighted by atomic mass is 10.3. The highest BCUT2D eigenvalue weighted by atomic mass is 35.5. The molecule has 0 amide bonds. The van der Waals surface area contributed by atoms with E-state index in [2.05, 4.69) is 10.3 Å². The molecule has 0 bridgehead atoms. The molecule has 0 aliphatic heterocycles. The molecule has 0 unspecified atom stereocenters. The quantitative estimate of drug-likeness (QED) is 0.767. The number of halogens is 2. The van der Waals surface area contributed by atoms with Crippen LogP contribution in [0.25, 0.3) is 0 Å². The van der Waals surface area contributed by atoms with E-state index in [1.807, 2.05) is 18.3 Å². The Kier molecular flexibility index (Phi) is 4.84. The van der Waals surface area contributed by atoms with Crippen molar-refractivity contribution in [2.75, 3.05) is 12.5 Å². The lowest BCUT2D eigenvalue weighted by Crippen LogP contribution is -2.08. The Morgan fingerprint density at radius 2 is 2.00 bits per heavy atom. The van der Waals surface area contributed by atoms with Crippen LogP contribution in [0.3, 0.4) is 0 Å². The van der Waals surface area contributed by atoms with Crippen molar-refractivity contribution in [3.05, 3.63) is 41.2 Å². The van der Waals surface area contributed by atoms with E-state index in [0.29, 0.717) is 24.1 Å². The molecule has 0 aliphatic carbocycles. The van der Waals surface area contributed by atoms with Gasteiger partial charge in [-0.2, -0.15) is 0 Å². The zero-order valence-corrected chi connectivity index (χ0v) is 11.2. The average molecular weight is 286 g/mol.